The largest absolute Gasteiger partial charge is 0.478 e. The Morgan fingerprint density at radius 1 is 1.46 bits per heavy atom. The van der Waals surface area contributed by atoms with Crippen LogP contribution in [0.2, 0.25) is 0 Å². The van der Waals surface area contributed by atoms with Crippen molar-refractivity contribution in [1.29, 1.82) is 0 Å². The molecule has 0 aromatic heterocycles. The van der Waals surface area contributed by atoms with Gasteiger partial charge in [0.1, 0.15) is 0 Å². The third kappa shape index (κ3) is 4.79. The van der Waals surface area contributed by atoms with E-state index < -0.39 is 5.97 Å². The summed E-state index contributed by atoms with van der Waals surface area (Å²) in [6, 6.07) is 0. The molecular weight excluding hydrogens is 170 g/mol. The van der Waals surface area contributed by atoms with Gasteiger partial charge in [-0.05, 0) is 6.92 Å². The summed E-state index contributed by atoms with van der Waals surface area (Å²) in [5.41, 5.74) is 0. The Kier molecular flexibility index (Phi) is 5.27. The van der Waals surface area contributed by atoms with Crippen LogP contribution in [0.5, 0.6) is 0 Å². The van der Waals surface area contributed by atoms with Crippen molar-refractivity contribution in [1.82, 2.24) is 4.90 Å². The number of carboxylic acid groups (broad SMARTS) is 1. The highest BCUT2D eigenvalue weighted by molar-refractivity contribution is 5.93. The molecule has 0 bridgehead atoms. The molecule has 72 valence electrons. The van der Waals surface area contributed by atoms with Crippen LogP contribution in [0.25, 0.3) is 0 Å². The van der Waals surface area contributed by atoms with Gasteiger partial charge in [-0.3, -0.25) is 4.79 Å². The van der Waals surface area contributed by atoms with E-state index in [0.29, 0.717) is 13.1 Å². The topological polar surface area (TPSA) is 57.6 Å². The van der Waals surface area contributed by atoms with Gasteiger partial charge in [-0.25, -0.2) is 4.79 Å². The third-order valence-electron chi connectivity index (χ3n) is 1.41. The van der Waals surface area contributed by atoms with E-state index in [-0.39, 0.29) is 5.91 Å². The van der Waals surface area contributed by atoms with E-state index in [1.807, 2.05) is 6.92 Å². The summed E-state index contributed by atoms with van der Waals surface area (Å²) in [6.45, 7) is 6.27. The lowest BCUT2D eigenvalue weighted by molar-refractivity contribution is -0.132. The first-order valence-electron chi connectivity index (χ1n) is 3.92. The number of carboxylic acids is 1. The van der Waals surface area contributed by atoms with Crippen LogP contribution in [0.3, 0.4) is 0 Å². The lowest BCUT2D eigenvalue weighted by atomic mass is 10.4. The molecule has 0 aromatic rings. The van der Waals surface area contributed by atoms with Crippen molar-refractivity contribution in [3.05, 3.63) is 24.8 Å². The molecule has 4 heteroatoms. The Hall–Kier alpha value is -1.58. The van der Waals surface area contributed by atoms with E-state index in [0.717, 1.165) is 12.2 Å². The SMILES string of the molecule is C=CCN(CC)C(=O)/C=C/C(=O)O. The molecule has 13 heavy (non-hydrogen) atoms. The minimum absolute atomic E-state index is 0.315. The van der Waals surface area contributed by atoms with E-state index >= 15 is 0 Å². The van der Waals surface area contributed by atoms with Gasteiger partial charge in [-0.15, -0.1) is 6.58 Å². The molecule has 0 fully saturated rings. The average Bonchev–Trinajstić information content (AvgIpc) is 2.10. The zero-order valence-corrected chi connectivity index (χ0v) is 7.56. The molecule has 1 amide bonds. The maximum Gasteiger partial charge on any atom is 0.328 e. The monoisotopic (exact) mass is 183 g/mol. The van der Waals surface area contributed by atoms with Crippen LogP contribution in [0.1, 0.15) is 6.92 Å². The van der Waals surface area contributed by atoms with E-state index in [4.69, 9.17) is 5.11 Å². The van der Waals surface area contributed by atoms with Crippen LogP contribution >= 0.6 is 0 Å². The fourth-order valence-electron chi connectivity index (χ4n) is 0.779. The first-order valence-corrected chi connectivity index (χ1v) is 3.92. The van der Waals surface area contributed by atoms with Gasteiger partial charge in [0, 0.05) is 25.2 Å². The normalized spacial score (nSPS) is 9.92. The second-order valence-corrected chi connectivity index (χ2v) is 2.34. The van der Waals surface area contributed by atoms with Crippen molar-refractivity contribution in [3.63, 3.8) is 0 Å². The van der Waals surface area contributed by atoms with Crippen LogP contribution < -0.4 is 0 Å². The van der Waals surface area contributed by atoms with Gasteiger partial charge in [0.2, 0.25) is 5.91 Å². The predicted molar refractivity (Wildman–Crippen MR) is 49.2 cm³/mol. The standard InChI is InChI=1S/C9H13NO3/c1-3-7-10(4-2)8(11)5-6-9(12)13/h3,5-6H,1,4,7H2,2H3,(H,12,13)/b6-5+. The Morgan fingerprint density at radius 2 is 2.08 bits per heavy atom. The van der Waals surface area contributed by atoms with Gasteiger partial charge in [-0.2, -0.15) is 0 Å². The number of hydrogen-bond donors (Lipinski definition) is 1. The molecule has 1 N–H and O–H groups in total. The number of carbonyl (C=O) groups excluding carboxylic acids is 1. The molecule has 0 radical (unpaired) electrons. The summed E-state index contributed by atoms with van der Waals surface area (Å²) in [5, 5.41) is 8.27. The number of carbonyl (C=O) groups is 2. The Morgan fingerprint density at radius 3 is 2.46 bits per heavy atom. The van der Waals surface area contributed by atoms with Crippen LogP contribution in [0.15, 0.2) is 24.8 Å². The quantitative estimate of drug-likeness (QED) is 0.503. The number of hydrogen-bond acceptors (Lipinski definition) is 2. The van der Waals surface area contributed by atoms with E-state index in [1.165, 1.54) is 4.90 Å². The second-order valence-electron chi connectivity index (χ2n) is 2.34. The number of nitrogens with zero attached hydrogens (tertiary/aromatic N) is 1. The zero-order valence-electron chi connectivity index (χ0n) is 7.56. The molecule has 0 saturated heterocycles. The van der Waals surface area contributed by atoms with Crippen LogP contribution in [-0.2, 0) is 9.59 Å². The Labute approximate surface area is 77.2 Å². The highest BCUT2D eigenvalue weighted by atomic mass is 16.4. The van der Waals surface area contributed by atoms with E-state index in [1.54, 1.807) is 6.08 Å². The molecule has 0 aliphatic heterocycles. The first kappa shape index (κ1) is 11.4. The third-order valence-corrected chi connectivity index (χ3v) is 1.41. The van der Waals surface area contributed by atoms with Gasteiger partial charge < -0.3 is 10.0 Å². The summed E-state index contributed by atoms with van der Waals surface area (Å²) >= 11 is 0. The molecule has 0 aromatic carbocycles. The summed E-state index contributed by atoms with van der Waals surface area (Å²) in [6.07, 6.45) is 3.46. The predicted octanol–water partition coefficient (Wildman–Crippen LogP) is 0.662. The minimum atomic E-state index is -1.12. The van der Waals surface area contributed by atoms with Crippen LogP contribution in [-0.4, -0.2) is 35.0 Å². The Bertz CT molecular complexity index is 233. The van der Waals surface area contributed by atoms with Crippen molar-refractivity contribution in [3.8, 4) is 0 Å². The highest BCUT2D eigenvalue weighted by Gasteiger charge is 2.05. The van der Waals surface area contributed by atoms with Crippen molar-refractivity contribution in [2.45, 2.75) is 6.92 Å². The maximum absolute atomic E-state index is 11.2. The minimum Gasteiger partial charge on any atom is -0.478 e. The number of rotatable bonds is 5. The van der Waals surface area contributed by atoms with Gasteiger partial charge in [-0.1, -0.05) is 6.08 Å². The molecule has 0 rings (SSSR count). The first-order chi connectivity index (χ1) is 6.11. The maximum atomic E-state index is 11.2. The van der Waals surface area contributed by atoms with Crippen LogP contribution in [0.4, 0.5) is 0 Å². The van der Waals surface area contributed by atoms with Gasteiger partial charge >= 0.3 is 5.97 Å². The van der Waals surface area contributed by atoms with Crippen molar-refractivity contribution in [2.75, 3.05) is 13.1 Å². The number of amides is 1. The lowest BCUT2D eigenvalue weighted by Gasteiger charge is -2.15. The molecule has 0 unspecified atom stereocenters. The summed E-state index contributed by atoms with van der Waals surface area (Å²) in [4.78, 5) is 22.8. The molecule has 0 heterocycles. The molecule has 0 aliphatic rings. The van der Waals surface area contributed by atoms with Gasteiger partial charge in [0.25, 0.3) is 0 Å². The zero-order chi connectivity index (χ0) is 10.3. The number of aliphatic carboxylic acids is 1. The van der Waals surface area contributed by atoms with E-state index in [9.17, 15) is 9.59 Å². The molecule has 4 nitrogen and oxygen atoms in total. The van der Waals surface area contributed by atoms with Crippen molar-refractivity contribution < 1.29 is 14.7 Å². The Balaban J connectivity index is 4.20. The summed E-state index contributed by atoms with van der Waals surface area (Å²) in [5.74, 6) is -1.44. The fourth-order valence-corrected chi connectivity index (χ4v) is 0.779. The molecule has 0 saturated carbocycles. The van der Waals surface area contributed by atoms with Crippen molar-refractivity contribution in [2.24, 2.45) is 0 Å². The molecule has 0 atom stereocenters. The molecule has 0 spiro atoms. The van der Waals surface area contributed by atoms with Gasteiger partial charge in [0.05, 0.1) is 0 Å². The summed E-state index contributed by atoms with van der Waals surface area (Å²) < 4.78 is 0. The molecule has 0 aliphatic carbocycles. The van der Waals surface area contributed by atoms with Gasteiger partial charge in [0.15, 0.2) is 0 Å². The van der Waals surface area contributed by atoms with Crippen LogP contribution in [0, 0.1) is 0 Å². The smallest absolute Gasteiger partial charge is 0.328 e. The second kappa shape index (κ2) is 5.99. The fraction of sp³-hybridized carbons (Fsp3) is 0.333. The molecular formula is C9H13NO3. The summed E-state index contributed by atoms with van der Waals surface area (Å²) in [7, 11) is 0. The number of likely N-dealkylation sites (N-methyl/N-ethyl adjacent to an activating group) is 1. The van der Waals surface area contributed by atoms with Crippen molar-refractivity contribution >= 4 is 11.9 Å². The highest BCUT2D eigenvalue weighted by Crippen LogP contribution is 1.91. The average molecular weight is 183 g/mol. The van der Waals surface area contributed by atoms with E-state index in [2.05, 4.69) is 6.58 Å². The lowest BCUT2D eigenvalue weighted by Crippen LogP contribution is -2.29.